The summed E-state index contributed by atoms with van der Waals surface area (Å²) >= 11 is 3.49. The van der Waals surface area contributed by atoms with E-state index in [4.69, 9.17) is 9.84 Å². The van der Waals surface area contributed by atoms with Gasteiger partial charge >= 0.3 is 0 Å². The number of rotatable bonds is 2. The largest absolute Gasteiger partial charge is 0.507 e. The van der Waals surface area contributed by atoms with Gasteiger partial charge in [0.2, 0.25) is 6.23 Å². The Morgan fingerprint density at radius 3 is 2.59 bits per heavy atom. The molecule has 2 aliphatic heterocycles. The van der Waals surface area contributed by atoms with Crippen LogP contribution < -0.4 is 4.74 Å². The Morgan fingerprint density at radius 1 is 0.963 bits per heavy atom. The summed E-state index contributed by atoms with van der Waals surface area (Å²) in [6.07, 6.45) is 0.318. The van der Waals surface area contributed by atoms with Crippen molar-refractivity contribution in [3.8, 4) is 11.5 Å². The van der Waals surface area contributed by atoms with Gasteiger partial charge in [-0.25, -0.2) is 5.01 Å². The van der Waals surface area contributed by atoms with Crippen LogP contribution in [0.25, 0.3) is 0 Å². The highest BCUT2D eigenvalue weighted by Gasteiger charge is 2.41. The molecule has 0 aliphatic carbocycles. The maximum atomic E-state index is 10.5. The number of hydrogen-bond acceptors (Lipinski definition) is 4. The van der Waals surface area contributed by atoms with Crippen molar-refractivity contribution in [2.75, 3.05) is 0 Å². The number of halogens is 1. The SMILES string of the molecule is Oc1ccc(Br)cc1[C@@H]1Oc2ccccc2[C@H]2CC(c3ccccc3)=NN21. The molecule has 0 unspecified atom stereocenters. The summed E-state index contributed by atoms with van der Waals surface area (Å²) in [6, 6.07) is 23.7. The monoisotopic (exact) mass is 420 g/mol. The molecule has 2 aliphatic rings. The molecule has 0 radical (unpaired) electrons. The lowest BCUT2D eigenvalue weighted by Gasteiger charge is -2.38. The summed E-state index contributed by atoms with van der Waals surface area (Å²) < 4.78 is 7.18. The van der Waals surface area contributed by atoms with Crippen LogP contribution in [0.2, 0.25) is 0 Å². The van der Waals surface area contributed by atoms with E-state index < -0.39 is 6.23 Å². The Hall–Kier alpha value is -2.79. The number of phenols is 1. The van der Waals surface area contributed by atoms with E-state index in [1.165, 1.54) is 0 Å². The number of nitrogens with zero attached hydrogens (tertiary/aromatic N) is 2. The van der Waals surface area contributed by atoms with E-state index >= 15 is 0 Å². The molecule has 4 nitrogen and oxygen atoms in total. The summed E-state index contributed by atoms with van der Waals surface area (Å²) in [5, 5.41) is 17.3. The molecule has 3 aromatic carbocycles. The Balaban J connectivity index is 1.63. The standard InChI is InChI=1S/C22H17BrN2O2/c23-15-10-11-20(26)17(12-15)22-25-19(16-8-4-5-9-21(16)27-22)13-18(24-25)14-6-2-1-3-7-14/h1-12,19,22,26H,13H2/t19-,22+/m1/s1. The van der Waals surface area contributed by atoms with E-state index in [0.717, 1.165) is 33.5 Å². The zero-order valence-electron chi connectivity index (χ0n) is 14.4. The van der Waals surface area contributed by atoms with Crippen molar-refractivity contribution in [2.24, 2.45) is 5.10 Å². The van der Waals surface area contributed by atoms with Gasteiger partial charge in [0.1, 0.15) is 11.5 Å². The Kier molecular flexibility index (Phi) is 3.90. The molecule has 5 heteroatoms. The number of hydrogen-bond donors (Lipinski definition) is 1. The molecule has 27 heavy (non-hydrogen) atoms. The van der Waals surface area contributed by atoms with Crippen molar-refractivity contribution in [1.82, 2.24) is 5.01 Å². The van der Waals surface area contributed by atoms with Gasteiger partial charge < -0.3 is 9.84 Å². The first-order chi connectivity index (χ1) is 13.2. The van der Waals surface area contributed by atoms with Crippen LogP contribution >= 0.6 is 15.9 Å². The maximum absolute atomic E-state index is 10.5. The van der Waals surface area contributed by atoms with Crippen LogP contribution in [0.3, 0.4) is 0 Å². The van der Waals surface area contributed by atoms with E-state index in [1.54, 1.807) is 6.07 Å². The Labute approximate surface area is 165 Å². The minimum atomic E-state index is -0.483. The minimum absolute atomic E-state index is 0.0773. The van der Waals surface area contributed by atoms with Crippen LogP contribution in [0.4, 0.5) is 0 Å². The molecule has 0 spiro atoms. The molecule has 0 amide bonds. The van der Waals surface area contributed by atoms with Crippen molar-refractivity contribution in [2.45, 2.75) is 18.7 Å². The van der Waals surface area contributed by atoms with Gasteiger partial charge in [-0.15, -0.1) is 0 Å². The third-order valence-electron chi connectivity index (χ3n) is 5.06. The first-order valence-corrected chi connectivity index (χ1v) is 9.65. The normalized spacial score (nSPS) is 20.5. The Morgan fingerprint density at radius 2 is 1.74 bits per heavy atom. The van der Waals surface area contributed by atoms with Crippen molar-refractivity contribution < 1.29 is 9.84 Å². The van der Waals surface area contributed by atoms with Gasteiger partial charge in [-0.1, -0.05) is 64.5 Å². The zero-order chi connectivity index (χ0) is 18.4. The van der Waals surface area contributed by atoms with Gasteiger partial charge in [0, 0.05) is 16.5 Å². The summed E-state index contributed by atoms with van der Waals surface area (Å²) in [5.74, 6) is 1.04. The van der Waals surface area contributed by atoms with Crippen molar-refractivity contribution in [3.05, 3.63) is 94.0 Å². The van der Waals surface area contributed by atoms with Crippen LogP contribution in [0, 0.1) is 0 Å². The molecule has 5 rings (SSSR count). The molecular formula is C22H17BrN2O2. The van der Waals surface area contributed by atoms with Gasteiger partial charge in [-0.2, -0.15) is 5.10 Å². The van der Waals surface area contributed by atoms with E-state index in [1.807, 2.05) is 53.5 Å². The molecule has 0 saturated carbocycles. The predicted molar refractivity (Wildman–Crippen MR) is 108 cm³/mol. The molecule has 2 heterocycles. The molecule has 0 aromatic heterocycles. The smallest absolute Gasteiger partial charge is 0.217 e. The molecule has 2 atom stereocenters. The first-order valence-electron chi connectivity index (χ1n) is 8.86. The van der Waals surface area contributed by atoms with Crippen molar-refractivity contribution >= 4 is 21.6 Å². The van der Waals surface area contributed by atoms with Gasteiger partial charge in [0.05, 0.1) is 17.3 Å². The van der Waals surface area contributed by atoms with E-state index in [9.17, 15) is 5.11 Å². The topological polar surface area (TPSA) is 45.1 Å². The highest BCUT2D eigenvalue weighted by molar-refractivity contribution is 9.10. The van der Waals surface area contributed by atoms with E-state index in [-0.39, 0.29) is 11.8 Å². The van der Waals surface area contributed by atoms with Crippen LogP contribution in [0.15, 0.2) is 82.4 Å². The van der Waals surface area contributed by atoms with Crippen molar-refractivity contribution in [3.63, 3.8) is 0 Å². The second kappa shape index (κ2) is 6.43. The fourth-order valence-corrected chi connectivity index (χ4v) is 4.15. The third kappa shape index (κ3) is 2.79. The number of ether oxygens (including phenoxy) is 1. The molecule has 134 valence electrons. The molecular weight excluding hydrogens is 404 g/mol. The molecule has 1 N–H and O–H groups in total. The summed E-state index contributed by atoms with van der Waals surface area (Å²) in [7, 11) is 0. The highest BCUT2D eigenvalue weighted by atomic mass is 79.9. The quantitative estimate of drug-likeness (QED) is 0.603. The number of para-hydroxylation sites is 1. The number of phenolic OH excluding ortho intramolecular Hbond substituents is 1. The lowest BCUT2D eigenvalue weighted by Crippen LogP contribution is -2.33. The number of aromatic hydroxyl groups is 1. The van der Waals surface area contributed by atoms with E-state index in [2.05, 4.69) is 34.1 Å². The lowest BCUT2D eigenvalue weighted by atomic mass is 9.96. The van der Waals surface area contributed by atoms with Gasteiger partial charge in [-0.05, 0) is 29.8 Å². The predicted octanol–water partition coefficient (Wildman–Crippen LogP) is 5.40. The van der Waals surface area contributed by atoms with Crippen molar-refractivity contribution in [1.29, 1.82) is 0 Å². The second-order valence-electron chi connectivity index (χ2n) is 6.72. The fraction of sp³-hybridized carbons (Fsp3) is 0.136. The maximum Gasteiger partial charge on any atom is 0.217 e. The van der Waals surface area contributed by atoms with Crippen LogP contribution in [0.1, 0.15) is 35.4 Å². The van der Waals surface area contributed by atoms with Crippen LogP contribution in [-0.2, 0) is 0 Å². The number of benzene rings is 3. The van der Waals surface area contributed by atoms with E-state index in [0.29, 0.717) is 5.56 Å². The molecule has 3 aromatic rings. The average Bonchev–Trinajstić information content (AvgIpc) is 3.16. The molecule has 0 fully saturated rings. The molecule has 0 saturated heterocycles. The van der Waals surface area contributed by atoms with Gasteiger partial charge in [0.25, 0.3) is 0 Å². The summed E-state index contributed by atoms with van der Waals surface area (Å²) in [4.78, 5) is 0. The minimum Gasteiger partial charge on any atom is -0.507 e. The highest BCUT2D eigenvalue weighted by Crippen LogP contribution is 2.48. The second-order valence-corrected chi connectivity index (χ2v) is 7.64. The average molecular weight is 421 g/mol. The first kappa shape index (κ1) is 16.4. The lowest BCUT2D eigenvalue weighted by molar-refractivity contribution is -0.0203. The third-order valence-corrected chi connectivity index (χ3v) is 5.55. The van der Waals surface area contributed by atoms with Gasteiger partial charge in [-0.3, -0.25) is 0 Å². The molecule has 0 bridgehead atoms. The summed E-state index contributed by atoms with van der Waals surface area (Å²) in [6.45, 7) is 0. The van der Waals surface area contributed by atoms with Crippen LogP contribution in [0.5, 0.6) is 11.5 Å². The van der Waals surface area contributed by atoms with Gasteiger partial charge in [0.15, 0.2) is 0 Å². The fourth-order valence-electron chi connectivity index (χ4n) is 3.77. The zero-order valence-corrected chi connectivity index (χ0v) is 16.0. The van der Waals surface area contributed by atoms with Crippen LogP contribution in [-0.4, -0.2) is 15.8 Å². The number of fused-ring (bicyclic) bond motifs is 3. The Bertz CT molecular complexity index is 1040. The summed E-state index contributed by atoms with van der Waals surface area (Å²) in [5.41, 5.74) is 3.96. The number of hydrazone groups is 1.